The Balaban J connectivity index is 2.14. The Labute approximate surface area is 159 Å². The molecule has 9 nitrogen and oxygen atoms in total. The number of esters is 1. The van der Waals surface area contributed by atoms with E-state index in [4.69, 9.17) is 14.2 Å². The second-order valence-electron chi connectivity index (χ2n) is 6.57. The van der Waals surface area contributed by atoms with Crippen LogP contribution in [0.3, 0.4) is 0 Å². The Bertz CT molecular complexity index is 602. The number of ether oxygens (including phenoxy) is 4. The summed E-state index contributed by atoms with van der Waals surface area (Å²) < 4.78 is 20.3. The number of aliphatic hydroxyl groups is 1. The van der Waals surface area contributed by atoms with E-state index < -0.39 is 23.8 Å². The first-order valence-corrected chi connectivity index (χ1v) is 8.58. The Kier molecular flexibility index (Phi) is 9.70. The maximum Gasteiger partial charge on any atom is 0.407 e. The molecule has 0 aromatic carbocycles. The van der Waals surface area contributed by atoms with Crippen LogP contribution in [0.5, 0.6) is 0 Å². The number of aliphatic hydroxyl groups excluding tert-OH is 1. The normalized spacial score (nSPS) is 12.3. The molecule has 152 valence electrons. The summed E-state index contributed by atoms with van der Waals surface area (Å²) in [5.74, 6) is -0.571. The van der Waals surface area contributed by atoms with Crippen molar-refractivity contribution in [2.45, 2.75) is 32.5 Å². The largest absolute Gasteiger partial charge is 0.464 e. The van der Waals surface area contributed by atoms with Gasteiger partial charge in [0.1, 0.15) is 17.4 Å². The van der Waals surface area contributed by atoms with Crippen molar-refractivity contribution in [3.05, 3.63) is 29.6 Å². The van der Waals surface area contributed by atoms with Gasteiger partial charge in [-0.3, -0.25) is 0 Å². The molecule has 1 aromatic rings. The SMILES string of the molecule is COC(=O)c1cccc(C(O)COCCOCCNC(=O)OC(C)(C)C)n1. The number of carbonyl (C=O) groups is 2. The van der Waals surface area contributed by atoms with E-state index >= 15 is 0 Å². The van der Waals surface area contributed by atoms with Crippen molar-refractivity contribution >= 4 is 12.1 Å². The summed E-state index contributed by atoms with van der Waals surface area (Å²) in [5, 5.41) is 12.6. The van der Waals surface area contributed by atoms with Crippen LogP contribution in [-0.2, 0) is 18.9 Å². The summed E-state index contributed by atoms with van der Waals surface area (Å²) in [6.45, 7) is 6.58. The number of aromatic nitrogens is 1. The molecule has 0 fully saturated rings. The topological polar surface area (TPSA) is 116 Å². The summed E-state index contributed by atoms with van der Waals surface area (Å²) in [6.07, 6.45) is -1.46. The first-order valence-electron chi connectivity index (χ1n) is 8.58. The number of hydrogen-bond acceptors (Lipinski definition) is 8. The van der Waals surface area contributed by atoms with Crippen molar-refractivity contribution in [2.24, 2.45) is 0 Å². The molecule has 0 spiro atoms. The van der Waals surface area contributed by atoms with Crippen LogP contribution < -0.4 is 5.32 Å². The molecule has 27 heavy (non-hydrogen) atoms. The van der Waals surface area contributed by atoms with E-state index in [-0.39, 0.29) is 18.9 Å². The van der Waals surface area contributed by atoms with Crippen molar-refractivity contribution in [3.8, 4) is 0 Å². The summed E-state index contributed by atoms with van der Waals surface area (Å²) in [5.41, 5.74) is -0.0968. The highest BCUT2D eigenvalue weighted by Gasteiger charge is 2.15. The number of rotatable bonds is 10. The van der Waals surface area contributed by atoms with Crippen LogP contribution in [-0.4, -0.2) is 67.8 Å². The molecule has 0 aliphatic heterocycles. The van der Waals surface area contributed by atoms with Gasteiger partial charge in [-0.2, -0.15) is 0 Å². The van der Waals surface area contributed by atoms with E-state index in [0.717, 1.165) is 0 Å². The fourth-order valence-corrected chi connectivity index (χ4v) is 1.90. The Hall–Kier alpha value is -2.23. The third-order valence-corrected chi connectivity index (χ3v) is 3.07. The van der Waals surface area contributed by atoms with Crippen molar-refractivity contribution in [1.82, 2.24) is 10.3 Å². The molecule has 1 atom stereocenters. The molecule has 1 unspecified atom stereocenters. The second kappa shape index (κ2) is 11.5. The lowest BCUT2D eigenvalue weighted by Crippen LogP contribution is -2.34. The van der Waals surface area contributed by atoms with Gasteiger partial charge in [0.15, 0.2) is 0 Å². The van der Waals surface area contributed by atoms with E-state index in [2.05, 4.69) is 15.0 Å². The van der Waals surface area contributed by atoms with E-state index in [1.165, 1.54) is 13.2 Å². The average Bonchev–Trinajstić information content (AvgIpc) is 2.61. The monoisotopic (exact) mass is 384 g/mol. The highest BCUT2D eigenvalue weighted by molar-refractivity contribution is 5.87. The maximum atomic E-state index is 11.4. The Morgan fingerprint density at radius 1 is 1.19 bits per heavy atom. The van der Waals surface area contributed by atoms with Gasteiger partial charge < -0.3 is 29.4 Å². The molecule has 1 heterocycles. The lowest BCUT2D eigenvalue weighted by atomic mass is 10.2. The van der Waals surface area contributed by atoms with E-state index in [0.29, 0.717) is 25.5 Å². The summed E-state index contributed by atoms with van der Waals surface area (Å²) in [7, 11) is 1.26. The Morgan fingerprint density at radius 2 is 1.89 bits per heavy atom. The van der Waals surface area contributed by atoms with Gasteiger partial charge in [-0.25, -0.2) is 14.6 Å². The number of carbonyl (C=O) groups excluding carboxylic acids is 2. The van der Waals surface area contributed by atoms with Gasteiger partial charge in [-0.15, -0.1) is 0 Å². The van der Waals surface area contributed by atoms with Crippen molar-refractivity contribution in [3.63, 3.8) is 0 Å². The van der Waals surface area contributed by atoms with E-state index in [1.807, 2.05) is 0 Å². The minimum absolute atomic E-state index is 0.0111. The third-order valence-electron chi connectivity index (χ3n) is 3.07. The van der Waals surface area contributed by atoms with Crippen LogP contribution in [0.2, 0.25) is 0 Å². The van der Waals surface area contributed by atoms with E-state index in [9.17, 15) is 14.7 Å². The zero-order valence-electron chi connectivity index (χ0n) is 16.2. The van der Waals surface area contributed by atoms with Crippen LogP contribution in [0, 0.1) is 0 Å². The quantitative estimate of drug-likeness (QED) is 0.460. The summed E-state index contributed by atoms with van der Waals surface area (Å²) in [4.78, 5) is 26.9. The standard InChI is InChI=1S/C18H28N2O7/c1-18(2,3)27-17(23)19-8-9-25-10-11-26-12-15(21)13-6-5-7-14(20-13)16(22)24-4/h5-7,15,21H,8-12H2,1-4H3,(H,19,23). The predicted molar refractivity (Wildman–Crippen MR) is 96.4 cm³/mol. The molecule has 0 saturated carbocycles. The van der Waals surface area contributed by atoms with Crippen LogP contribution in [0.4, 0.5) is 4.79 Å². The smallest absolute Gasteiger partial charge is 0.407 e. The first kappa shape index (κ1) is 22.8. The molecule has 0 bridgehead atoms. The van der Waals surface area contributed by atoms with E-state index in [1.54, 1.807) is 32.9 Å². The highest BCUT2D eigenvalue weighted by Crippen LogP contribution is 2.11. The minimum Gasteiger partial charge on any atom is -0.464 e. The molecule has 0 aliphatic rings. The second-order valence-corrected chi connectivity index (χ2v) is 6.57. The van der Waals surface area contributed by atoms with Crippen LogP contribution in [0.25, 0.3) is 0 Å². The van der Waals surface area contributed by atoms with Gasteiger partial charge in [-0.05, 0) is 32.9 Å². The average molecular weight is 384 g/mol. The maximum absolute atomic E-state index is 11.4. The number of amides is 1. The first-order chi connectivity index (χ1) is 12.7. The highest BCUT2D eigenvalue weighted by atomic mass is 16.6. The number of nitrogens with zero attached hydrogens (tertiary/aromatic N) is 1. The minimum atomic E-state index is -0.969. The zero-order chi connectivity index (χ0) is 20.3. The Morgan fingerprint density at radius 3 is 2.56 bits per heavy atom. The molecule has 1 rings (SSSR count). The molecule has 1 amide bonds. The lowest BCUT2D eigenvalue weighted by molar-refractivity contribution is 0.00161. The molecule has 9 heteroatoms. The van der Waals surface area contributed by atoms with Gasteiger partial charge >= 0.3 is 12.1 Å². The molecule has 1 aromatic heterocycles. The van der Waals surface area contributed by atoms with Crippen LogP contribution >= 0.6 is 0 Å². The number of pyridine rings is 1. The van der Waals surface area contributed by atoms with Gasteiger partial charge in [0.25, 0.3) is 0 Å². The molecule has 0 saturated heterocycles. The van der Waals surface area contributed by atoms with Gasteiger partial charge in [-0.1, -0.05) is 6.07 Å². The molecule has 0 radical (unpaired) electrons. The lowest BCUT2D eigenvalue weighted by Gasteiger charge is -2.19. The number of alkyl carbamates (subject to hydrolysis) is 1. The number of hydrogen-bond donors (Lipinski definition) is 2. The van der Waals surface area contributed by atoms with Gasteiger partial charge in [0.2, 0.25) is 0 Å². The van der Waals surface area contributed by atoms with Crippen LogP contribution in [0.15, 0.2) is 18.2 Å². The molecule has 2 N–H and O–H groups in total. The van der Waals surface area contributed by atoms with Crippen molar-refractivity contribution in [1.29, 1.82) is 0 Å². The number of methoxy groups -OCH3 is 1. The number of nitrogens with one attached hydrogen (secondary N) is 1. The third kappa shape index (κ3) is 9.88. The fraction of sp³-hybridized carbons (Fsp3) is 0.611. The van der Waals surface area contributed by atoms with Crippen LogP contribution in [0.1, 0.15) is 43.1 Å². The van der Waals surface area contributed by atoms with Gasteiger partial charge in [0.05, 0.1) is 39.2 Å². The van der Waals surface area contributed by atoms with Gasteiger partial charge in [0, 0.05) is 6.54 Å². The fourth-order valence-electron chi connectivity index (χ4n) is 1.90. The summed E-state index contributed by atoms with van der Waals surface area (Å²) in [6, 6.07) is 4.71. The molecule has 0 aliphatic carbocycles. The van der Waals surface area contributed by atoms with Crippen molar-refractivity contribution in [2.75, 3.05) is 40.1 Å². The predicted octanol–water partition coefficient (Wildman–Crippen LogP) is 1.46. The summed E-state index contributed by atoms with van der Waals surface area (Å²) >= 11 is 0. The molecular formula is C18H28N2O7. The van der Waals surface area contributed by atoms with Crippen molar-refractivity contribution < 1.29 is 33.6 Å². The molecular weight excluding hydrogens is 356 g/mol. The zero-order valence-corrected chi connectivity index (χ0v) is 16.2.